The van der Waals surface area contributed by atoms with Gasteiger partial charge in [0.15, 0.2) is 0 Å². The van der Waals surface area contributed by atoms with E-state index in [1.165, 1.54) is 0 Å². The second kappa shape index (κ2) is 10.1. The lowest BCUT2D eigenvalue weighted by atomic mass is 9.92. The molecule has 0 saturated carbocycles. The van der Waals surface area contributed by atoms with Crippen LogP contribution in [0.25, 0.3) is 0 Å². The first kappa shape index (κ1) is 22.7. The van der Waals surface area contributed by atoms with E-state index in [-0.39, 0.29) is 36.2 Å². The summed E-state index contributed by atoms with van der Waals surface area (Å²) in [6.07, 6.45) is 2.31. The summed E-state index contributed by atoms with van der Waals surface area (Å²) in [5, 5.41) is 3.23. The number of rotatable bonds is 5. The summed E-state index contributed by atoms with van der Waals surface area (Å²) in [5.74, 6) is 0.651. The number of nitrogens with one attached hydrogen (secondary N) is 1. The molecule has 2 amide bonds. The van der Waals surface area contributed by atoms with Crippen LogP contribution in [0.15, 0.2) is 18.2 Å². The Kier molecular flexibility index (Phi) is 8.87. The molecule has 1 heterocycles. The van der Waals surface area contributed by atoms with Gasteiger partial charge in [0.05, 0.1) is 10.6 Å². The number of amides is 2. The molecule has 3 N–H and O–H groups in total. The molecule has 1 aliphatic rings. The summed E-state index contributed by atoms with van der Waals surface area (Å²) in [6, 6.07) is 5.07. The molecule has 1 saturated heterocycles. The van der Waals surface area contributed by atoms with Crippen molar-refractivity contribution < 1.29 is 9.59 Å². The molecule has 1 aromatic rings. The van der Waals surface area contributed by atoms with Crippen molar-refractivity contribution in [3.05, 3.63) is 28.8 Å². The molecule has 26 heavy (non-hydrogen) atoms. The van der Waals surface area contributed by atoms with Crippen LogP contribution < -0.4 is 11.1 Å². The van der Waals surface area contributed by atoms with Gasteiger partial charge in [-0.25, -0.2) is 0 Å². The molecule has 146 valence electrons. The number of nitrogens with zero attached hydrogens (tertiary/aromatic N) is 1. The van der Waals surface area contributed by atoms with Crippen LogP contribution in [0.4, 0.5) is 5.69 Å². The smallest absolute Gasteiger partial charge is 0.255 e. The van der Waals surface area contributed by atoms with E-state index in [1.54, 1.807) is 18.2 Å². The van der Waals surface area contributed by atoms with E-state index in [1.807, 2.05) is 18.7 Å². The van der Waals surface area contributed by atoms with Crippen LogP contribution in [-0.4, -0.2) is 35.8 Å². The highest BCUT2D eigenvalue weighted by Crippen LogP contribution is 2.27. The van der Waals surface area contributed by atoms with E-state index in [9.17, 15) is 9.59 Å². The minimum atomic E-state index is -0.118. The maximum atomic E-state index is 13.0. The van der Waals surface area contributed by atoms with E-state index in [0.29, 0.717) is 41.7 Å². The number of benzene rings is 1. The number of anilines is 1. The van der Waals surface area contributed by atoms with Gasteiger partial charge in [0.25, 0.3) is 5.91 Å². The number of likely N-dealkylation sites (tertiary alicyclic amines) is 1. The van der Waals surface area contributed by atoms with Crippen molar-refractivity contribution in [1.82, 2.24) is 4.90 Å². The van der Waals surface area contributed by atoms with Gasteiger partial charge in [0, 0.05) is 31.2 Å². The van der Waals surface area contributed by atoms with Gasteiger partial charge >= 0.3 is 0 Å². The van der Waals surface area contributed by atoms with Crippen LogP contribution in [0, 0.1) is 11.8 Å². The Labute approximate surface area is 167 Å². The predicted octanol–water partition coefficient (Wildman–Crippen LogP) is 3.95. The Balaban J connectivity index is 0.00000338. The van der Waals surface area contributed by atoms with Crippen molar-refractivity contribution in [2.75, 3.05) is 18.4 Å². The molecular formula is C19H29Cl2N3O2. The number of carbonyl (C=O) groups excluding carboxylic acids is 2. The number of halogens is 2. The summed E-state index contributed by atoms with van der Waals surface area (Å²) in [7, 11) is 0. The fraction of sp³-hybridized carbons (Fsp3) is 0.579. The molecule has 0 radical (unpaired) electrons. The monoisotopic (exact) mass is 401 g/mol. The van der Waals surface area contributed by atoms with Gasteiger partial charge in [-0.1, -0.05) is 32.4 Å². The summed E-state index contributed by atoms with van der Waals surface area (Å²) in [4.78, 5) is 26.8. The number of hydrogen-bond donors (Lipinski definition) is 2. The van der Waals surface area contributed by atoms with Crippen molar-refractivity contribution >= 4 is 41.5 Å². The third kappa shape index (κ3) is 5.86. The minimum Gasteiger partial charge on any atom is -0.334 e. The van der Waals surface area contributed by atoms with Gasteiger partial charge < -0.3 is 16.0 Å². The third-order valence-electron chi connectivity index (χ3n) is 4.59. The number of piperidine rings is 1. The molecule has 1 aliphatic heterocycles. The lowest BCUT2D eigenvalue weighted by Crippen LogP contribution is -2.49. The highest BCUT2D eigenvalue weighted by Gasteiger charge is 2.30. The molecule has 2 atom stereocenters. The van der Waals surface area contributed by atoms with Gasteiger partial charge in [0.2, 0.25) is 5.91 Å². The first-order chi connectivity index (χ1) is 11.8. The molecule has 2 rings (SSSR count). The standard InChI is InChI=1S/C19H28ClN3O2.ClH/c1-12(2)8-18(24)22-14-4-5-17(20)16(10-14)19(25)23-7-6-13(3)9-15(23)11-21;/h4-5,10,12-13,15H,6-9,11,21H2,1-3H3,(H,22,24);1H. The second-order valence-electron chi connectivity index (χ2n) is 7.36. The minimum absolute atomic E-state index is 0. The van der Waals surface area contributed by atoms with Gasteiger partial charge in [-0.05, 0) is 42.9 Å². The Morgan fingerprint density at radius 3 is 2.69 bits per heavy atom. The summed E-state index contributed by atoms with van der Waals surface area (Å²) in [6.45, 7) is 7.28. The zero-order valence-electron chi connectivity index (χ0n) is 15.6. The Hall–Kier alpha value is -1.30. The maximum Gasteiger partial charge on any atom is 0.255 e. The maximum absolute atomic E-state index is 13.0. The molecule has 7 heteroatoms. The van der Waals surface area contributed by atoms with Crippen LogP contribution in [0.2, 0.25) is 5.02 Å². The third-order valence-corrected chi connectivity index (χ3v) is 4.91. The van der Waals surface area contributed by atoms with Crippen molar-refractivity contribution in [3.8, 4) is 0 Å². The molecular weight excluding hydrogens is 373 g/mol. The fourth-order valence-electron chi connectivity index (χ4n) is 3.25. The first-order valence-electron chi connectivity index (χ1n) is 8.92. The summed E-state index contributed by atoms with van der Waals surface area (Å²) in [5.41, 5.74) is 6.87. The van der Waals surface area contributed by atoms with Crippen LogP contribution in [-0.2, 0) is 4.79 Å². The average molecular weight is 402 g/mol. The van der Waals surface area contributed by atoms with Crippen LogP contribution >= 0.6 is 24.0 Å². The largest absolute Gasteiger partial charge is 0.334 e. The number of carbonyl (C=O) groups is 2. The van der Waals surface area contributed by atoms with Crippen molar-refractivity contribution in [2.24, 2.45) is 17.6 Å². The molecule has 0 aromatic heterocycles. The van der Waals surface area contributed by atoms with Crippen LogP contribution in [0.5, 0.6) is 0 Å². The van der Waals surface area contributed by atoms with Crippen molar-refractivity contribution in [2.45, 2.75) is 46.1 Å². The lowest BCUT2D eigenvalue weighted by Gasteiger charge is -2.38. The van der Waals surface area contributed by atoms with Crippen LogP contribution in [0.1, 0.15) is 50.4 Å². The topological polar surface area (TPSA) is 75.4 Å². The van der Waals surface area contributed by atoms with Crippen molar-refractivity contribution in [1.29, 1.82) is 0 Å². The molecule has 1 fully saturated rings. The molecule has 1 aromatic carbocycles. The first-order valence-corrected chi connectivity index (χ1v) is 9.30. The molecule has 0 spiro atoms. The summed E-state index contributed by atoms with van der Waals surface area (Å²) >= 11 is 6.26. The zero-order valence-corrected chi connectivity index (χ0v) is 17.2. The zero-order chi connectivity index (χ0) is 18.6. The quantitative estimate of drug-likeness (QED) is 0.783. The lowest BCUT2D eigenvalue weighted by molar-refractivity contribution is -0.116. The van der Waals surface area contributed by atoms with Gasteiger partial charge in [0.1, 0.15) is 0 Å². The fourth-order valence-corrected chi connectivity index (χ4v) is 3.45. The van der Waals surface area contributed by atoms with E-state index in [0.717, 1.165) is 12.8 Å². The van der Waals surface area contributed by atoms with E-state index in [2.05, 4.69) is 12.2 Å². The highest BCUT2D eigenvalue weighted by molar-refractivity contribution is 6.34. The van der Waals surface area contributed by atoms with Crippen molar-refractivity contribution in [3.63, 3.8) is 0 Å². The molecule has 2 unspecified atom stereocenters. The predicted molar refractivity (Wildman–Crippen MR) is 109 cm³/mol. The number of nitrogens with two attached hydrogens (primary N) is 1. The van der Waals surface area contributed by atoms with Crippen LogP contribution in [0.3, 0.4) is 0 Å². The molecule has 5 nitrogen and oxygen atoms in total. The Morgan fingerprint density at radius 1 is 1.38 bits per heavy atom. The summed E-state index contributed by atoms with van der Waals surface area (Å²) < 4.78 is 0. The van der Waals surface area contributed by atoms with E-state index < -0.39 is 0 Å². The Morgan fingerprint density at radius 2 is 2.08 bits per heavy atom. The molecule has 0 aliphatic carbocycles. The van der Waals surface area contributed by atoms with E-state index in [4.69, 9.17) is 17.3 Å². The molecule has 0 bridgehead atoms. The van der Waals surface area contributed by atoms with Gasteiger partial charge in [-0.3, -0.25) is 9.59 Å². The van der Waals surface area contributed by atoms with Gasteiger partial charge in [-0.2, -0.15) is 0 Å². The van der Waals surface area contributed by atoms with Gasteiger partial charge in [-0.15, -0.1) is 12.4 Å². The second-order valence-corrected chi connectivity index (χ2v) is 7.77. The normalized spacial score (nSPS) is 19.8. The van der Waals surface area contributed by atoms with E-state index >= 15 is 0 Å². The number of hydrogen-bond acceptors (Lipinski definition) is 3. The average Bonchev–Trinajstić information content (AvgIpc) is 2.55. The highest BCUT2D eigenvalue weighted by atomic mass is 35.5. The Bertz CT molecular complexity index is 637. The SMILES string of the molecule is CC(C)CC(=O)Nc1ccc(Cl)c(C(=O)N2CCC(C)CC2CN)c1.Cl.